The van der Waals surface area contributed by atoms with Crippen LogP contribution in [0.25, 0.3) is 0 Å². The van der Waals surface area contributed by atoms with Crippen molar-refractivity contribution in [3.8, 4) is 0 Å². The van der Waals surface area contributed by atoms with Gasteiger partial charge in [-0.1, -0.05) is 62.4 Å². The summed E-state index contributed by atoms with van der Waals surface area (Å²) in [6.07, 6.45) is 10.5. The van der Waals surface area contributed by atoms with Crippen molar-refractivity contribution in [3.63, 3.8) is 0 Å². The molecule has 3 aliphatic rings. The number of likely N-dealkylation sites (N-methyl/N-ethyl adjacent to an activating group) is 1. The molecular formula is C45H50N5O4S2+. The molecule has 0 spiro atoms. The van der Waals surface area contributed by atoms with Gasteiger partial charge >= 0.3 is 0 Å². The van der Waals surface area contributed by atoms with E-state index < -0.39 is 30.9 Å². The van der Waals surface area contributed by atoms with E-state index in [4.69, 9.17) is 10.3 Å². The lowest BCUT2D eigenvalue weighted by Gasteiger charge is -2.29. The molecule has 0 fully saturated rings. The first kappa shape index (κ1) is 39.2. The van der Waals surface area contributed by atoms with Crippen LogP contribution in [0, 0.1) is 0 Å². The number of hydrogen-bond donors (Lipinski definition) is 2. The van der Waals surface area contributed by atoms with E-state index in [1.54, 1.807) is 24.3 Å². The molecule has 4 aromatic rings. The first-order valence-corrected chi connectivity index (χ1v) is 22.1. The second-order valence-corrected chi connectivity index (χ2v) is 18.7. The van der Waals surface area contributed by atoms with Gasteiger partial charge in [-0.05, 0) is 118 Å². The fraction of sp³-hybridized carbons (Fsp3) is 0.267. The van der Waals surface area contributed by atoms with Crippen LogP contribution < -0.4 is 20.1 Å². The number of fused-ring (bicyclic) bond motifs is 2. The maximum Gasteiger partial charge on any atom is 0.238 e. The molecule has 56 heavy (non-hydrogen) atoms. The Labute approximate surface area is 331 Å². The Morgan fingerprint density at radius 1 is 0.714 bits per heavy atom. The number of primary sulfonamides is 2. The van der Waals surface area contributed by atoms with E-state index in [1.807, 2.05) is 24.3 Å². The van der Waals surface area contributed by atoms with E-state index in [-0.39, 0.29) is 9.79 Å². The summed E-state index contributed by atoms with van der Waals surface area (Å²) < 4.78 is 51.7. The SMILES string of the molecule is CCN1/C(=C/C=C2\CCC(/C=C/C3=[N+](CC)c4ccc(S(N)(=O)=O)cc4C3(C)C)=C2N(c2ccccc2)c2ccccc2)C(C)(C)c2cc(S(N)(=O)=O)ccc21. The predicted octanol–water partition coefficient (Wildman–Crippen LogP) is 8.45. The molecule has 2 aliphatic heterocycles. The molecule has 7 rings (SSSR count). The molecule has 0 radical (unpaired) electrons. The van der Waals surface area contributed by atoms with Crippen molar-refractivity contribution in [1.82, 2.24) is 0 Å². The van der Waals surface area contributed by atoms with Crippen LogP contribution in [0.5, 0.6) is 0 Å². The third-order valence-electron chi connectivity index (χ3n) is 11.4. The molecule has 0 saturated heterocycles. The number of nitrogens with two attached hydrogens (primary N) is 2. The molecular weight excluding hydrogens is 739 g/mol. The highest BCUT2D eigenvalue weighted by atomic mass is 32.2. The maximum absolute atomic E-state index is 12.3. The zero-order chi connectivity index (χ0) is 40.2. The summed E-state index contributed by atoms with van der Waals surface area (Å²) in [5.41, 5.74) is 10.5. The van der Waals surface area contributed by atoms with E-state index in [2.05, 4.69) is 129 Å². The predicted molar refractivity (Wildman–Crippen MR) is 227 cm³/mol. The van der Waals surface area contributed by atoms with Gasteiger partial charge in [-0.3, -0.25) is 0 Å². The minimum atomic E-state index is -3.87. The van der Waals surface area contributed by atoms with Crippen LogP contribution in [0.2, 0.25) is 0 Å². The van der Waals surface area contributed by atoms with Crippen molar-refractivity contribution in [2.75, 3.05) is 22.9 Å². The van der Waals surface area contributed by atoms with E-state index >= 15 is 0 Å². The molecule has 290 valence electrons. The normalized spacial score (nSPS) is 19.1. The summed E-state index contributed by atoms with van der Waals surface area (Å²) in [7, 11) is -7.73. The lowest BCUT2D eigenvalue weighted by Crippen LogP contribution is -2.28. The smallest absolute Gasteiger partial charge is 0.238 e. The summed E-state index contributed by atoms with van der Waals surface area (Å²) >= 11 is 0. The number of anilines is 3. The summed E-state index contributed by atoms with van der Waals surface area (Å²) in [5, 5.41) is 11.1. The van der Waals surface area contributed by atoms with Crippen molar-refractivity contribution in [2.24, 2.45) is 10.3 Å². The molecule has 0 bridgehead atoms. The average Bonchev–Trinajstić information content (AvgIpc) is 3.73. The number of rotatable bonds is 10. The van der Waals surface area contributed by atoms with Gasteiger partial charge in [0.05, 0.1) is 20.9 Å². The summed E-state index contributed by atoms with van der Waals surface area (Å²) in [6, 6.07) is 31.1. The monoisotopic (exact) mass is 788 g/mol. The first-order chi connectivity index (χ1) is 26.5. The fourth-order valence-electron chi connectivity index (χ4n) is 8.59. The Morgan fingerprint density at radius 2 is 1.29 bits per heavy atom. The van der Waals surface area contributed by atoms with Crippen LogP contribution in [0.15, 0.2) is 154 Å². The molecule has 0 aromatic heterocycles. The molecule has 11 heteroatoms. The van der Waals surface area contributed by atoms with E-state index in [0.29, 0.717) is 13.1 Å². The van der Waals surface area contributed by atoms with Gasteiger partial charge in [0.2, 0.25) is 25.7 Å². The summed E-state index contributed by atoms with van der Waals surface area (Å²) in [4.78, 5) is 4.80. The van der Waals surface area contributed by atoms with Gasteiger partial charge in [0, 0.05) is 52.4 Å². The Bertz CT molecular complexity index is 2560. The van der Waals surface area contributed by atoms with Crippen molar-refractivity contribution in [1.29, 1.82) is 0 Å². The standard InChI is InChI=1S/C45H50N5O4S2/c1-7-48-39-25-23-35(55(46,51)52)29-37(39)44(3,4)41(48)27-21-31-19-20-32(43(31)50(33-15-11-9-12-16-33)34-17-13-10-14-18-34)22-28-42-45(5,6)38-30-36(56(47,53)54)24-26-40(38)49(42)8-2/h9-18,21-30H,7-8,19-20H2,1-6H3,(H2,46,51,52)(H2,47,53,54)/q+1. The van der Waals surface area contributed by atoms with Crippen LogP contribution in [-0.2, 0) is 30.9 Å². The largest absolute Gasteiger partial charge is 0.344 e. The van der Waals surface area contributed by atoms with Crippen LogP contribution in [0.1, 0.15) is 65.5 Å². The zero-order valence-corrected chi connectivity index (χ0v) is 34.5. The van der Waals surface area contributed by atoms with Gasteiger partial charge in [-0.25, -0.2) is 27.1 Å². The number of allylic oxidation sites excluding steroid dienone is 7. The topological polar surface area (TPSA) is 130 Å². The molecule has 9 nitrogen and oxygen atoms in total. The number of nitrogens with zero attached hydrogens (tertiary/aromatic N) is 3. The van der Waals surface area contributed by atoms with Crippen LogP contribution in [-0.4, -0.2) is 40.2 Å². The van der Waals surface area contributed by atoms with Crippen molar-refractivity contribution in [2.45, 2.75) is 75.0 Å². The van der Waals surface area contributed by atoms with Gasteiger partial charge in [-0.15, -0.1) is 0 Å². The van der Waals surface area contributed by atoms with E-state index in [1.165, 1.54) is 11.1 Å². The Hall–Kier alpha value is -5.07. The van der Waals surface area contributed by atoms with E-state index in [9.17, 15) is 16.8 Å². The Kier molecular flexibility index (Phi) is 10.1. The zero-order valence-electron chi connectivity index (χ0n) is 32.8. The lowest BCUT2D eigenvalue weighted by atomic mass is 9.81. The van der Waals surface area contributed by atoms with E-state index in [0.717, 1.165) is 63.8 Å². The van der Waals surface area contributed by atoms with Gasteiger partial charge < -0.3 is 9.80 Å². The minimum Gasteiger partial charge on any atom is -0.344 e. The number of benzene rings is 4. The van der Waals surface area contributed by atoms with Gasteiger partial charge in [-0.2, -0.15) is 4.58 Å². The molecule has 0 saturated carbocycles. The van der Waals surface area contributed by atoms with Crippen molar-refractivity contribution < 1.29 is 21.4 Å². The molecule has 0 amide bonds. The van der Waals surface area contributed by atoms with Crippen LogP contribution >= 0.6 is 0 Å². The molecule has 1 aliphatic carbocycles. The highest BCUT2D eigenvalue weighted by molar-refractivity contribution is 7.89. The number of hydrogen-bond acceptors (Lipinski definition) is 6. The quantitative estimate of drug-likeness (QED) is 0.155. The Balaban J connectivity index is 1.39. The summed E-state index contributed by atoms with van der Waals surface area (Å²) in [5.74, 6) is 0. The van der Waals surface area contributed by atoms with Gasteiger partial charge in [0.1, 0.15) is 6.54 Å². The highest BCUT2D eigenvalue weighted by Crippen LogP contribution is 2.49. The maximum atomic E-state index is 12.3. The van der Waals surface area contributed by atoms with Crippen molar-refractivity contribution >= 4 is 48.5 Å². The van der Waals surface area contributed by atoms with Crippen LogP contribution in [0.4, 0.5) is 22.7 Å². The molecule has 2 heterocycles. The van der Waals surface area contributed by atoms with Crippen LogP contribution in [0.3, 0.4) is 0 Å². The third kappa shape index (κ3) is 6.87. The second-order valence-electron chi connectivity index (χ2n) is 15.5. The molecule has 0 unspecified atom stereocenters. The van der Waals surface area contributed by atoms with Gasteiger partial charge in [0.15, 0.2) is 5.71 Å². The Morgan fingerprint density at radius 3 is 1.84 bits per heavy atom. The molecule has 4 N–H and O–H groups in total. The summed E-state index contributed by atoms with van der Waals surface area (Å²) in [6.45, 7) is 14.1. The average molecular weight is 789 g/mol. The third-order valence-corrected chi connectivity index (χ3v) is 13.2. The van der Waals surface area contributed by atoms with Gasteiger partial charge in [0.25, 0.3) is 0 Å². The first-order valence-electron chi connectivity index (χ1n) is 19.0. The van der Waals surface area contributed by atoms with Crippen molar-refractivity contribution in [3.05, 3.63) is 155 Å². The fourth-order valence-corrected chi connectivity index (χ4v) is 9.67. The second kappa shape index (κ2) is 14.5. The number of sulfonamides is 2. The number of para-hydroxylation sites is 2. The minimum absolute atomic E-state index is 0.108. The highest BCUT2D eigenvalue weighted by Gasteiger charge is 2.45. The lowest BCUT2D eigenvalue weighted by molar-refractivity contribution is -0.433. The molecule has 0 atom stereocenters. The molecule has 4 aromatic carbocycles.